The molecule has 0 amide bonds. The van der Waals surface area contributed by atoms with E-state index in [1.165, 1.54) is 16.5 Å². The number of aromatic nitrogens is 3. The minimum atomic E-state index is -0.307. The molecular weight excluding hydrogens is 221 g/mol. The minimum Gasteiger partial charge on any atom is -0.250 e. The van der Waals surface area contributed by atoms with Crippen molar-refractivity contribution in [3.8, 4) is 11.1 Å². The molecule has 0 saturated carbocycles. The molecule has 1 aromatic carbocycles. The molecule has 3 rings (SSSR count). The van der Waals surface area contributed by atoms with Crippen molar-refractivity contribution >= 4 is 5.65 Å². The Morgan fingerprint density at radius 1 is 1.18 bits per heavy atom. The molecule has 0 saturated heterocycles. The summed E-state index contributed by atoms with van der Waals surface area (Å²) in [5.74, 6) is -0.304. The number of aromatic amines is 1. The fourth-order valence-electron chi connectivity index (χ4n) is 1.74. The SMILES string of the molecule is O=c1[nH]nc2ccc(-c3cccc(F)c3)cn12. The normalized spacial score (nSPS) is 10.9. The third-order valence-electron chi connectivity index (χ3n) is 2.57. The van der Waals surface area contributed by atoms with Crippen LogP contribution in [0.3, 0.4) is 0 Å². The predicted octanol–water partition coefficient (Wildman–Crippen LogP) is 1.83. The van der Waals surface area contributed by atoms with E-state index in [1.54, 1.807) is 30.5 Å². The van der Waals surface area contributed by atoms with Crippen LogP contribution in [-0.4, -0.2) is 14.6 Å². The first-order chi connectivity index (χ1) is 8.24. The Morgan fingerprint density at radius 2 is 2.06 bits per heavy atom. The van der Waals surface area contributed by atoms with Gasteiger partial charge in [0.15, 0.2) is 5.65 Å². The van der Waals surface area contributed by atoms with Gasteiger partial charge in [0.25, 0.3) is 0 Å². The van der Waals surface area contributed by atoms with E-state index in [-0.39, 0.29) is 11.5 Å². The van der Waals surface area contributed by atoms with E-state index in [1.807, 2.05) is 0 Å². The van der Waals surface area contributed by atoms with Gasteiger partial charge in [-0.1, -0.05) is 12.1 Å². The summed E-state index contributed by atoms with van der Waals surface area (Å²) < 4.78 is 14.5. The van der Waals surface area contributed by atoms with Crippen molar-refractivity contribution in [2.45, 2.75) is 0 Å². The number of halogens is 1. The third kappa shape index (κ3) is 1.61. The molecule has 2 aromatic heterocycles. The van der Waals surface area contributed by atoms with Crippen molar-refractivity contribution in [2.75, 3.05) is 0 Å². The molecule has 0 aliphatic carbocycles. The third-order valence-corrected chi connectivity index (χ3v) is 2.57. The van der Waals surface area contributed by atoms with Crippen LogP contribution in [0.1, 0.15) is 0 Å². The Kier molecular flexibility index (Phi) is 2.04. The maximum Gasteiger partial charge on any atom is 0.347 e. The zero-order valence-electron chi connectivity index (χ0n) is 8.72. The van der Waals surface area contributed by atoms with E-state index in [2.05, 4.69) is 10.2 Å². The van der Waals surface area contributed by atoms with Crippen molar-refractivity contribution in [3.05, 3.63) is 58.9 Å². The van der Waals surface area contributed by atoms with Crippen molar-refractivity contribution in [1.29, 1.82) is 0 Å². The van der Waals surface area contributed by atoms with Crippen LogP contribution in [0, 0.1) is 5.82 Å². The number of hydrogen-bond donors (Lipinski definition) is 1. The number of nitrogens with zero attached hydrogens (tertiary/aromatic N) is 2. The Hall–Kier alpha value is -2.43. The standard InChI is InChI=1S/C12H8FN3O/c13-10-3-1-2-8(6-10)9-4-5-11-14-15-12(17)16(11)7-9/h1-7H,(H,15,17). The van der Waals surface area contributed by atoms with Crippen LogP contribution in [0.2, 0.25) is 0 Å². The summed E-state index contributed by atoms with van der Waals surface area (Å²) >= 11 is 0. The Balaban J connectivity index is 2.24. The van der Waals surface area contributed by atoms with Crippen LogP contribution in [0.15, 0.2) is 47.4 Å². The molecule has 0 fully saturated rings. The highest BCUT2D eigenvalue weighted by molar-refractivity contribution is 5.64. The summed E-state index contributed by atoms with van der Waals surface area (Å²) in [4.78, 5) is 11.4. The number of pyridine rings is 1. The Labute approximate surface area is 95.3 Å². The van der Waals surface area contributed by atoms with Gasteiger partial charge in [0.1, 0.15) is 5.82 Å². The predicted molar refractivity (Wildman–Crippen MR) is 61.2 cm³/mol. The summed E-state index contributed by atoms with van der Waals surface area (Å²) in [6.45, 7) is 0. The number of hydrogen-bond acceptors (Lipinski definition) is 2. The Morgan fingerprint density at radius 3 is 2.88 bits per heavy atom. The number of nitrogens with one attached hydrogen (secondary N) is 1. The van der Waals surface area contributed by atoms with Gasteiger partial charge in [-0.15, -0.1) is 0 Å². The lowest BCUT2D eigenvalue weighted by atomic mass is 10.1. The largest absolute Gasteiger partial charge is 0.347 e. The minimum absolute atomic E-state index is 0.304. The lowest BCUT2D eigenvalue weighted by molar-refractivity contribution is 0.628. The average molecular weight is 229 g/mol. The number of benzene rings is 1. The van der Waals surface area contributed by atoms with Crippen molar-refractivity contribution in [2.24, 2.45) is 0 Å². The van der Waals surface area contributed by atoms with Crippen molar-refractivity contribution in [3.63, 3.8) is 0 Å². The number of rotatable bonds is 1. The summed E-state index contributed by atoms with van der Waals surface area (Å²) in [6, 6.07) is 9.73. The highest BCUT2D eigenvalue weighted by atomic mass is 19.1. The van der Waals surface area contributed by atoms with E-state index in [0.29, 0.717) is 5.65 Å². The van der Waals surface area contributed by atoms with E-state index in [9.17, 15) is 9.18 Å². The van der Waals surface area contributed by atoms with Crippen LogP contribution in [0.25, 0.3) is 16.8 Å². The van der Waals surface area contributed by atoms with Crippen molar-refractivity contribution < 1.29 is 4.39 Å². The molecule has 0 radical (unpaired) electrons. The van der Waals surface area contributed by atoms with Gasteiger partial charge in [-0.05, 0) is 35.4 Å². The van der Waals surface area contributed by atoms with Crippen LogP contribution in [0.4, 0.5) is 4.39 Å². The zero-order chi connectivity index (χ0) is 11.8. The molecule has 0 unspecified atom stereocenters. The van der Waals surface area contributed by atoms with Gasteiger partial charge >= 0.3 is 5.69 Å². The maximum atomic E-state index is 13.1. The summed E-state index contributed by atoms with van der Waals surface area (Å²) in [6.07, 6.45) is 1.63. The summed E-state index contributed by atoms with van der Waals surface area (Å²) in [5, 5.41) is 6.17. The van der Waals surface area contributed by atoms with Gasteiger partial charge in [-0.3, -0.25) is 0 Å². The van der Waals surface area contributed by atoms with Crippen LogP contribution >= 0.6 is 0 Å². The molecule has 0 spiro atoms. The molecular formula is C12H8FN3O. The van der Waals surface area contributed by atoms with Gasteiger partial charge in [0, 0.05) is 6.20 Å². The first kappa shape index (κ1) is 9.77. The number of H-pyrrole nitrogens is 1. The molecule has 0 aliphatic rings. The first-order valence-corrected chi connectivity index (χ1v) is 5.07. The monoisotopic (exact) mass is 229 g/mol. The van der Waals surface area contributed by atoms with E-state index in [0.717, 1.165) is 11.1 Å². The lowest BCUT2D eigenvalue weighted by Crippen LogP contribution is -2.08. The summed E-state index contributed by atoms with van der Waals surface area (Å²) in [5.41, 5.74) is 1.72. The van der Waals surface area contributed by atoms with E-state index in [4.69, 9.17) is 0 Å². The van der Waals surface area contributed by atoms with Crippen LogP contribution < -0.4 is 5.69 Å². The lowest BCUT2D eigenvalue weighted by Gasteiger charge is -2.01. The molecule has 0 bridgehead atoms. The van der Waals surface area contributed by atoms with Crippen LogP contribution in [-0.2, 0) is 0 Å². The molecule has 5 heteroatoms. The second kappa shape index (κ2) is 3.55. The smallest absolute Gasteiger partial charge is 0.250 e. The maximum absolute atomic E-state index is 13.1. The fourth-order valence-corrected chi connectivity index (χ4v) is 1.74. The van der Waals surface area contributed by atoms with E-state index >= 15 is 0 Å². The zero-order valence-corrected chi connectivity index (χ0v) is 8.72. The van der Waals surface area contributed by atoms with Gasteiger partial charge in [0.05, 0.1) is 0 Å². The summed E-state index contributed by atoms with van der Waals surface area (Å²) in [7, 11) is 0. The second-order valence-corrected chi connectivity index (χ2v) is 3.69. The molecule has 3 aromatic rings. The number of fused-ring (bicyclic) bond motifs is 1. The Bertz CT molecular complexity index is 745. The second-order valence-electron chi connectivity index (χ2n) is 3.69. The molecule has 84 valence electrons. The molecule has 17 heavy (non-hydrogen) atoms. The molecule has 1 N–H and O–H groups in total. The van der Waals surface area contributed by atoms with Gasteiger partial charge < -0.3 is 0 Å². The molecule has 4 nitrogen and oxygen atoms in total. The highest BCUT2D eigenvalue weighted by Crippen LogP contribution is 2.19. The van der Waals surface area contributed by atoms with Gasteiger partial charge in [-0.2, -0.15) is 5.10 Å². The van der Waals surface area contributed by atoms with E-state index < -0.39 is 0 Å². The van der Waals surface area contributed by atoms with Gasteiger partial charge in [-0.25, -0.2) is 18.7 Å². The highest BCUT2D eigenvalue weighted by Gasteiger charge is 2.03. The quantitative estimate of drug-likeness (QED) is 0.692. The fraction of sp³-hybridized carbons (Fsp3) is 0. The molecule has 0 atom stereocenters. The van der Waals surface area contributed by atoms with Crippen LogP contribution in [0.5, 0.6) is 0 Å². The van der Waals surface area contributed by atoms with Crippen molar-refractivity contribution in [1.82, 2.24) is 14.6 Å². The average Bonchev–Trinajstić information content (AvgIpc) is 2.71. The first-order valence-electron chi connectivity index (χ1n) is 5.07. The topological polar surface area (TPSA) is 50.2 Å². The molecule has 2 heterocycles. The molecule has 0 aliphatic heterocycles. The van der Waals surface area contributed by atoms with Gasteiger partial charge in [0.2, 0.25) is 0 Å².